The molecule has 2 aliphatic rings. The van der Waals surface area contributed by atoms with Gasteiger partial charge < -0.3 is 25.0 Å². The Hall–Kier alpha value is -2.38. The Labute approximate surface area is 195 Å². The summed E-state index contributed by atoms with van der Waals surface area (Å²) < 4.78 is 24.4. The van der Waals surface area contributed by atoms with E-state index in [1.165, 1.54) is 12.1 Å². The molecule has 0 atom stereocenters. The minimum Gasteiger partial charge on any atom is -0.454 e. The second-order valence-electron chi connectivity index (χ2n) is 10.1. The van der Waals surface area contributed by atoms with E-state index in [9.17, 15) is 4.39 Å². The van der Waals surface area contributed by atoms with Crippen molar-refractivity contribution in [3.05, 3.63) is 59.4 Å². The predicted molar refractivity (Wildman–Crippen MR) is 128 cm³/mol. The standard InChI is InChI=1S/C25H32FN3O2S/c1-24(2)12-20(13-25(3,4)28-24)27-23(32)29(14-17-5-8-19(26)9-6-17)15-18-7-10-21-22(11-18)31-16-30-21/h5-11,20,28H,12-16H2,1-4H3,(H,27,32). The zero-order chi connectivity index (χ0) is 22.9. The van der Waals surface area contributed by atoms with E-state index in [-0.39, 0.29) is 29.7 Å². The number of halogens is 1. The van der Waals surface area contributed by atoms with Gasteiger partial charge in [-0.3, -0.25) is 0 Å². The molecule has 2 aromatic rings. The molecule has 1 saturated heterocycles. The third kappa shape index (κ3) is 5.70. The van der Waals surface area contributed by atoms with Crippen LogP contribution in [0.25, 0.3) is 0 Å². The molecule has 0 unspecified atom stereocenters. The van der Waals surface area contributed by atoms with Crippen molar-refractivity contribution in [2.75, 3.05) is 6.79 Å². The molecule has 0 amide bonds. The maximum absolute atomic E-state index is 13.4. The first kappa shape index (κ1) is 22.8. The molecule has 0 saturated carbocycles. The van der Waals surface area contributed by atoms with Crippen molar-refractivity contribution in [1.29, 1.82) is 0 Å². The minimum atomic E-state index is -0.240. The number of thiocarbonyl (C=S) groups is 1. The molecular formula is C25H32FN3O2S. The van der Waals surface area contributed by atoms with E-state index in [0.717, 1.165) is 35.5 Å². The molecule has 2 aromatic carbocycles. The van der Waals surface area contributed by atoms with Crippen LogP contribution in [0, 0.1) is 5.82 Å². The van der Waals surface area contributed by atoms with E-state index in [1.54, 1.807) is 12.1 Å². The topological polar surface area (TPSA) is 45.8 Å². The predicted octanol–water partition coefficient (Wildman–Crippen LogP) is 4.74. The molecule has 2 aliphatic heterocycles. The highest BCUT2D eigenvalue weighted by atomic mass is 32.1. The Morgan fingerprint density at radius 1 is 1.00 bits per heavy atom. The zero-order valence-corrected chi connectivity index (χ0v) is 20.0. The van der Waals surface area contributed by atoms with E-state index < -0.39 is 0 Å². The Morgan fingerprint density at radius 3 is 2.28 bits per heavy atom. The lowest BCUT2D eigenvalue weighted by Crippen LogP contribution is -2.62. The number of nitrogens with zero attached hydrogens (tertiary/aromatic N) is 1. The molecule has 0 spiro atoms. The maximum Gasteiger partial charge on any atom is 0.231 e. The number of benzene rings is 2. The SMILES string of the molecule is CC1(C)CC(NC(=S)N(Cc2ccc(F)cc2)Cc2ccc3c(c2)OCO3)CC(C)(C)N1. The number of fused-ring (bicyclic) bond motifs is 1. The molecule has 5 nitrogen and oxygen atoms in total. The lowest BCUT2D eigenvalue weighted by molar-refractivity contribution is 0.153. The fourth-order valence-electron chi connectivity index (χ4n) is 4.96. The average Bonchev–Trinajstić information content (AvgIpc) is 3.14. The van der Waals surface area contributed by atoms with Crippen molar-refractivity contribution in [3.8, 4) is 11.5 Å². The van der Waals surface area contributed by atoms with Gasteiger partial charge >= 0.3 is 0 Å². The third-order valence-electron chi connectivity index (χ3n) is 5.90. The van der Waals surface area contributed by atoms with Crippen LogP contribution in [0.1, 0.15) is 51.7 Å². The monoisotopic (exact) mass is 457 g/mol. The van der Waals surface area contributed by atoms with E-state index in [0.29, 0.717) is 18.2 Å². The van der Waals surface area contributed by atoms with Crippen LogP contribution in [0.5, 0.6) is 11.5 Å². The van der Waals surface area contributed by atoms with Crippen molar-refractivity contribution in [2.45, 2.75) is 70.7 Å². The summed E-state index contributed by atoms with van der Waals surface area (Å²) in [4.78, 5) is 2.13. The molecule has 0 radical (unpaired) electrons. The van der Waals surface area contributed by atoms with Gasteiger partial charge in [-0.2, -0.15) is 0 Å². The van der Waals surface area contributed by atoms with Gasteiger partial charge in [-0.1, -0.05) is 18.2 Å². The number of hydrogen-bond acceptors (Lipinski definition) is 4. The molecule has 0 bridgehead atoms. The summed E-state index contributed by atoms with van der Waals surface area (Å²) in [6.07, 6.45) is 1.95. The zero-order valence-electron chi connectivity index (χ0n) is 19.2. The van der Waals surface area contributed by atoms with Gasteiger partial charge in [-0.25, -0.2) is 4.39 Å². The fraction of sp³-hybridized carbons (Fsp3) is 0.480. The van der Waals surface area contributed by atoms with Gasteiger partial charge in [-0.15, -0.1) is 0 Å². The second kappa shape index (κ2) is 8.87. The first-order chi connectivity index (χ1) is 15.1. The number of hydrogen-bond donors (Lipinski definition) is 2. The van der Waals surface area contributed by atoms with Crippen molar-refractivity contribution < 1.29 is 13.9 Å². The Bertz CT molecular complexity index is 962. The largest absolute Gasteiger partial charge is 0.454 e. The number of rotatable bonds is 5. The molecule has 2 N–H and O–H groups in total. The quantitative estimate of drug-likeness (QED) is 0.633. The summed E-state index contributed by atoms with van der Waals surface area (Å²) in [6.45, 7) is 10.4. The van der Waals surface area contributed by atoms with E-state index in [1.807, 2.05) is 18.2 Å². The van der Waals surface area contributed by atoms with Crippen molar-refractivity contribution >= 4 is 17.3 Å². The summed E-state index contributed by atoms with van der Waals surface area (Å²) in [5, 5.41) is 8.04. The highest BCUT2D eigenvalue weighted by molar-refractivity contribution is 7.80. The van der Waals surface area contributed by atoms with Gasteiger partial charge in [0.1, 0.15) is 5.82 Å². The lowest BCUT2D eigenvalue weighted by atomic mass is 9.80. The minimum absolute atomic E-state index is 0.0220. The molecule has 0 aromatic heterocycles. The van der Waals surface area contributed by atoms with Crippen molar-refractivity contribution in [3.63, 3.8) is 0 Å². The van der Waals surface area contributed by atoms with Gasteiger partial charge in [0, 0.05) is 30.2 Å². The van der Waals surface area contributed by atoms with Crippen LogP contribution in [-0.2, 0) is 13.1 Å². The number of nitrogens with one attached hydrogen (secondary N) is 2. The summed E-state index contributed by atoms with van der Waals surface area (Å²) >= 11 is 5.89. The second-order valence-corrected chi connectivity index (χ2v) is 10.5. The Morgan fingerprint density at radius 2 is 1.59 bits per heavy atom. The van der Waals surface area contributed by atoms with Crippen LogP contribution in [0.4, 0.5) is 4.39 Å². The summed E-state index contributed by atoms with van der Waals surface area (Å²) in [5.74, 6) is 1.28. The van der Waals surface area contributed by atoms with E-state index in [2.05, 4.69) is 43.2 Å². The van der Waals surface area contributed by atoms with Gasteiger partial charge in [-0.05, 0) is 88.1 Å². The number of piperidine rings is 1. The summed E-state index contributed by atoms with van der Waals surface area (Å²) in [7, 11) is 0. The first-order valence-corrected chi connectivity index (χ1v) is 11.5. The van der Waals surface area contributed by atoms with Crippen LogP contribution in [0.15, 0.2) is 42.5 Å². The van der Waals surface area contributed by atoms with Crippen LogP contribution in [-0.4, -0.2) is 33.9 Å². The van der Waals surface area contributed by atoms with Crippen LogP contribution in [0.3, 0.4) is 0 Å². The smallest absolute Gasteiger partial charge is 0.231 e. The third-order valence-corrected chi connectivity index (χ3v) is 6.28. The normalized spacial score (nSPS) is 18.9. The van der Waals surface area contributed by atoms with Gasteiger partial charge in [0.05, 0.1) is 0 Å². The van der Waals surface area contributed by atoms with E-state index in [4.69, 9.17) is 21.7 Å². The van der Waals surface area contributed by atoms with Gasteiger partial charge in [0.15, 0.2) is 16.6 Å². The van der Waals surface area contributed by atoms with Crippen LogP contribution in [0.2, 0.25) is 0 Å². The van der Waals surface area contributed by atoms with Crippen LogP contribution >= 0.6 is 12.2 Å². The Balaban J connectivity index is 1.52. The molecule has 32 heavy (non-hydrogen) atoms. The summed E-state index contributed by atoms with van der Waals surface area (Å²) in [6, 6.07) is 12.8. The highest BCUT2D eigenvalue weighted by Crippen LogP contribution is 2.33. The van der Waals surface area contributed by atoms with Crippen molar-refractivity contribution in [2.24, 2.45) is 0 Å². The fourth-order valence-corrected chi connectivity index (χ4v) is 5.26. The molecule has 172 valence electrons. The van der Waals surface area contributed by atoms with Gasteiger partial charge in [0.2, 0.25) is 6.79 Å². The lowest BCUT2D eigenvalue weighted by Gasteiger charge is -2.47. The summed E-state index contributed by atoms with van der Waals surface area (Å²) in [5.41, 5.74) is 2.12. The molecule has 0 aliphatic carbocycles. The molecule has 2 heterocycles. The molecule has 1 fully saturated rings. The highest BCUT2D eigenvalue weighted by Gasteiger charge is 2.38. The van der Waals surface area contributed by atoms with E-state index >= 15 is 0 Å². The maximum atomic E-state index is 13.4. The molecular weight excluding hydrogens is 425 g/mol. The molecule has 4 rings (SSSR count). The van der Waals surface area contributed by atoms with Crippen molar-refractivity contribution in [1.82, 2.24) is 15.5 Å². The Kier molecular flexibility index (Phi) is 6.32. The van der Waals surface area contributed by atoms with Gasteiger partial charge in [0.25, 0.3) is 0 Å². The number of ether oxygens (including phenoxy) is 2. The molecule has 7 heteroatoms. The first-order valence-electron chi connectivity index (χ1n) is 11.1. The average molecular weight is 458 g/mol. The van der Waals surface area contributed by atoms with Crippen LogP contribution < -0.4 is 20.1 Å².